The molecule has 0 spiro atoms. The molecular weight excluding hydrogens is 436 g/mol. The topological polar surface area (TPSA) is 42.0 Å². The first-order valence-electron chi connectivity index (χ1n) is 12.4. The maximum Gasteiger partial charge on any atom is 0.254 e. The minimum Gasteiger partial charge on any atom is -0.457 e. The van der Waals surface area contributed by atoms with Gasteiger partial charge in [-0.05, 0) is 52.9 Å². The first-order valence-corrected chi connectivity index (χ1v) is 12.4. The zero-order valence-corrected chi connectivity index (χ0v) is 21.1. The van der Waals surface area contributed by atoms with Gasteiger partial charge < -0.3 is 14.4 Å². The van der Waals surface area contributed by atoms with E-state index in [1.54, 1.807) is 0 Å². The van der Waals surface area contributed by atoms with Crippen LogP contribution in [0.1, 0.15) is 42.3 Å². The second-order valence-electron chi connectivity index (χ2n) is 10.1. The molecule has 5 nitrogen and oxygen atoms in total. The number of hydrogen-bond acceptors (Lipinski definition) is 4. The number of nitrogens with zero attached hydrogens (tertiary/aromatic N) is 2. The van der Waals surface area contributed by atoms with Gasteiger partial charge >= 0.3 is 0 Å². The number of rotatable bonds is 8. The van der Waals surface area contributed by atoms with Gasteiger partial charge in [0.15, 0.2) is 0 Å². The third-order valence-corrected chi connectivity index (χ3v) is 6.33. The van der Waals surface area contributed by atoms with Gasteiger partial charge in [-0.15, -0.1) is 0 Å². The van der Waals surface area contributed by atoms with E-state index < -0.39 is 0 Å². The maximum atomic E-state index is 13.6. The summed E-state index contributed by atoms with van der Waals surface area (Å²) in [6.45, 7) is 11.9. The number of para-hydroxylation sites is 1. The van der Waals surface area contributed by atoms with Crippen LogP contribution in [0.4, 0.5) is 0 Å². The molecule has 1 aliphatic heterocycles. The Balaban J connectivity index is 1.51. The molecule has 3 aromatic carbocycles. The summed E-state index contributed by atoms with van der Waals surface area (Å²) < 4.78 is 11.5. The summed E-state index contributed by atoms with van der Waals surface area (Å²) in [6.07, 6.45) is 0. The van der Waals surface area contributed by atoms with E-state index in [9.17, 15) is 4.79 Å². The predicted octanol–water partition coefficient (Wildman–Crippen LogP) is 5.75. The van der Waals surface area contributed by atoms with E-state index in [1.807, 2.05) is 65.6 Å². The van der Waals surface area contributed by atoms with Crippen LogP contribution in [0.5, 0.6) is 11.5 Å². The molecule has 0 unspecified atom stereocenters. The lowest BCUT2D eigenvalue weighted by molar-refractivity contribution is 0.0320. The van der Waals surface area contributed by atoms with E-state index in [4.69, 9.17) is 9.47 Å². The number of morpholine rings is 1. The average molecular weight is 473 g/mol. The van der Waals surface area contributed by atoms with Gasteiger partial charge in [0.1, 0.15) is 11.5 Å². The third-order valence-electron chi connectivity index (χ3n) is 6.33. The molecule has 1 saturated heterocycles. The van der Waals surface area contributed by atoms with Gasteiger partial charge in [0.2, 0.25) is 0 Å². The zero-order chi connectivity index (χ0) is 24.7. The third kappa shape index (κ3) is 7.17. The van der Waals surface area contributed by atoms with E-state index in [0.29, 0.717) is 13.1 Å². The molecule has 1 heterocycles. The Labute approximate surface area is 209 Å². The molecule has 4 rings (SSSR count). The van der Waals surface area contributed by atoms with Crippen LogP contribution >= 0.6 is 0 Å². The monoisotopic (exact) mass is 472 g/mol. The Bertz CT molecular complexity index is 1080. The summed E-state index contributed by atoms with van der Waals surface area (Å²) in [5, 5.41) is 0. The smallest absolute Gasteiger partial charge is 0.254 e. The van der Waals surface area contributed by atoms with Crippen molar-refractivity contribution in [1.29, 1.82) is 0 Å². The van der Waals surface area contributed by atoms with Crippen molar-refractivity contribution in [3.8, 4) is 11.5 Å². The average Bonchev–Trinajstić information content (AvgIpc) is 2.87. The van der Waals surface area contributed by atoms with Crippen LogP contribution in [-0.2, 0) is 16.7 Å². The number of benzene rings is 3. The van der Waals surface area contributed by atoms with Crippen molar-refractivity contribution in [2.24, 2.45) is 0 Å². The highest BCUT2D eigenvalue weighted by atomic mass is 16.5. The van der Waals surface area contributed by atoms with Crippen molar-refractivity contribution in [2.45, 2.75) is 32.7 Å². The zero-order valence-electron chi connectivity index (χ0n) is 21.1. The van der Waals surface area contributed by atoms with Gasteiger partial charge in [0.25, 0.3) is 5.91 Å². The van der Waals surface area contributed by atoms with Gasteiger partial charge in [-0.25, -0.2) is 0 Å². The summed E-state index contributed by atoms with van der Waals surface area (Å²) >= 11 is 0. The van der Waals surface area contributed by atoms with Crippen LogP contribution in [-0.4, -0.2) is 55.1 Å². The quantitative estimate of drug-likeness (QED) is 0.419. The molecular formula is C30H36N2O3. The second-order valence-corrected chi connectivity index (χ2v) is 10.1. The van der Waals surface area contributed by atoms with Crippen molar-refractivity contribution in [1.82, 2.24) is 9.80 Å². The van der Waals surface area contributed by atoms with Gasteiger partial charge in [-0.1, -0.05) is 63.2 Å². The van der Waals surface area contributed by atoms with Crippen molar-refractivity contribution in [2.75, 3.05) is 39.4 Å². The molecule has 184 valence electrons. The number of ether oxygens (including phenoxy) is 2. The first kappa shape index (κ1) is 25.0. The van der Waals surface area contributed by atoms with Gasteiger partial charge in [-0.2, -0.15) is 0 Å². The Hall–Kier alpha value is -3.15. The Morgan fingerprint density at radius 3 is 2.29 bits per heavy atom. The minimum atomic E-state index is 0.0492. The molecule has 0 saturated carbocycles. The normalized spacial score (nSPS) is 14.5. The molecule has 0 aromatic heterocycles. The molecule has 1 aliphatic rings. The Kier molecular flexibility index (Phi) is 8.21. The molecule has 0 atom stereocenters. The standard InChI is InChI=1S/C30H36N2O3/c1-30(2,3)26-14-12-25(13-15-26)29(33)32(17-16-31-18-20-34-21-19-31)23-24-8-7-11-28(22-24)35-27-9-5-4-6-10-27/h4-15,22H,16-21,23H2,1-3H3. The van der Waals surface area contributed by atoms with E-state index in [-0.39, 0.29) is 11.3 Å². The molecule has 0 N–H and O–H groups in total. The SMILES string of the molecule is CC(C)(C)c1ccc(C(=O)N(CCN2CCOCC2)Cc2cccc(Oc3ccccc3)c2)cc1. The predicted molar refractivity (Wildman–Crippen MR) is 140 cm³/mol. The summed E-state index contributed by atoms with van der Waals surface area (Å²) in [4.78, 5) is 17.9. The molecule has 0 aliphatic carbocycles. The fourth-order valence-electron chi connectivity index (χ4n) is 4.19. The highest BCUT2D eigenvalue weighted by Gasteiger charge is 2.20. The minimum absolute atomic E-state index is 0.0492. The highest BCUT2D eigenvalue weighted by molar-refractivity contribution is 5.94. The van der Waals surface area contributed by atoms with Gasteiger partial charge in [0.05, 0.1) is 13.2 Å². The van der Waals surface area contributed by atoms with Crippen LogP contribution in [0.15, 0.2) is 78.9 Å². The van der Waals surface area contributed by atoms with Crippen LogP contribution in [0.2, 0.25) is 0 Å². The summed E-state index contributed by atoms with van der Waals surface area (Å²) in [5.74, 6) is 1.61. The van der Waals surface area contributed by atoms with E-state index >= 15 is 0 Å². The molecule has 0 radical (unpaired) electrons. The summed E-state index contributed by atoms with van der Waals surface area (Å²) in [7, 11) is 0. The van der Waals surface area contributed by atoms with Crippen molar-refractivity contribution >= 4 is 5.91 Å². The molecule has 5 heteroatoms. The number of amides is 1. The van der Waals surface area contributed by atoms with Crippen molar-refractivity contribution in [3.63, 3.8) is 0 Å². The molecule has 1 fully saturated rings. The molecule has 0 bridgehead atoms. The molecule has 35 heavy (non-hydrogen) atoms. The highest BCUT2D eigenvalue weighted by Crippen LogP contribution is 2.24. The Morgan fingerprint density at radius 1 is 0.914 bits per heavy atom. The first-order chi connectivity index (χ1) is 16.9. The molecule has 1 amide bonds. The lowest BCUT2D eigenvalue weighted by Crippen LogP contribution is -2.42. The van der Waals surface area contributed by atoms with E-state index in [1.165, 1.54) is 5.56 Å². The summed E-state index contributed by atoms with van der Waals surface area (Å²) in [6, 6.07) is 25.8. The number of hydrogen-bond donors (Lipinski definition) is 0. The summed E-state index contributed by atoms with van der Waals surface area (Å²) in [5.41, 5.74) is 3.04. The Morgan fingerprint density at radius 2 is 1.60 bits per heavy atom. The molecule has 3 aromatic rings. The van der Waals surface area contributed by atoms with Crippen LogP contribution in [0.25, 0.3) is 0 Å². The lowest BCUT2D eigenvalue weighted by Gasteiger charge is -2.30. The maximum absolute atomic E-state index is 13.6. The van der Waals surface area contributed by atoms with Crippen LogP contribution in [0, 0.1) is 0 Å². The fourth-order valence-corrected chi connectivity index (χ4v) is 4.19. The van der Waals surface area contributed by atoms with Crippen molar-refractivity contribution in [3.05, 3.63) is 95.6 Å². The fraction of sp³-hybridized carbons (Fsp3) is 0.367. The van der Waals surface area contributed by atoms with Crippen molar-refractivity contribution < 1.29 is 14.3 Å². The van der Waals surface area contributed by atoms with E-state index in [2.05, 4.69) is 43.9 Å². The van der Waals surface area contributed by atoms with Crippen LogP contribution in [0.3, 0.4) is 0 Å². The van der Waals surface area contributed by atoms with Gasteiger partial charge in [-0.3, -0.25) is 9.69 Å². The largest absolute Gasteiger partial charge is 0.457 e. The van der Waals surface area contributed by atoms with E-state index in [0.717, 1.165) is 55.5 Å². The number of carbonyl (C=O) groups is 1. The number of carbonyl (C=O) groups excluding carboxylic acids is 1. The van der Waals surface area contributed by atoms with Crippen LogP contribution < -0.4 is 4.74 Å². The second kappa shape index (κ2) is 11.5. The van der Waals surface area contributed by atoms with Gasteiger partial charge in [0, 0.05) is 38.3 Å². The lowest BCUT2D eigenvalue weighted by atomic mass is 9.86.